The van der Waals surface area contributed by atoms with Crippen molar-refractivity contribution in [2.45, 2.75) is 0 Å². The van der Waals surface area contributed by atoms with Crippen LogP contribution in [0.2, 0.25) is 0 Å². The minimum Gasteiger partial charge on any atom is -0.397 e. The zero-order valence-corrected chi connectivity index (χ0v) is 22.1. The molecule has 0 fully saturated rings. The lowest BCUT2D eigenvalue weighted by molar-refractivity contribution is 0.102. The van der Waals surface area contributed by atoms with Crippen molar-refractivity contribution in [1.82, 2.24) is 19.6 Å². The van der Waals surface area contributed by atoms with Crippen LogP contribution in [0.1, 0.15) is 19.3 Å². The van der Waals surface area contributed by atoms with Crippen molar-refractivity contribution in [1.29, 1.82) is 0 Å². The molecule has 2 amide bonds. The van der Waals surface area contributed by atoms with Crippen molar-refractivity contribution in [3.8, 4) is 11.4 Å². The van der Waals surface area contributed by atoms with Gasteiger partial charge in [-0.1, -0.05) is 36.4 Å². The van der Waals surface area contributed by atoms with E-state index in [1.54, 1.807) is 48.5 Å². The molecule has 6 aromatic rings. The molecule has 0 unspecified atom stereocenters. The van der Waals surface area contributed by atoms with Crippen LogP contribution in [-0.2, 0) is 0 Å². The van der Waals surface area contributed by atoms with Gasteiger partial charge in [-0.3, -0.25) is 29.4 Å². The quantitative estimate of drug-likeness (QED) is 0.177. The number of amides is 2. The van der Waals surface area contributed by atoms with Gasteiger partial charge in [-0.2, -0.15) is 0 Å². The highest BCUT2D eigenvalue weighted by molar-refractivity contribution is 7.40. The number of thiophene rings is 2. The summed E-state index contributed by atoms with van der Waals surface area (Å²) in [5, 5.41) is 11.4. The van der Waals surface area contributed by atoms with Crippen LogP contribution in [0.5, 0.6) is 0 Å². The lowest BCUT2D eigenvalue weighted by Gasteiger charge is -2.05. The Bertz CT molecular complexity index is 1870. The van der Waals surface area contributed by atoms with Gasteiger partial charge in [0.25, 0.3) is 22.9 Å². The third kappa shape index (κ3) is 4.36. The SMILES string of the molecule is Nc1c(C(=O)Nc2cc(=O)n(-c3ccccc3)[nH]2)sc2sc(C(=O)Nc3cc(=O)n(-c4ccccc4)[nH]3)c(N)c12. The molecule has 12 nitrogen and oxygen atoms in total. The number of fused-ring (bicyclic) bond motifs is 1. The topological polar surface area (TPSA) is 186 Å². The van der Waals surface area contributed by atoms with Gasteiger partial charge >= 0.3 is 0 Å². The van der Waals surface area contributed by atoms with Crippen LogP contribution in [0, 0.1) is 0 Å². The van der Waals surface area contributed by atoms with E-state index < -0.39 is 11.8 Å². The van der Waals surface area contributed by atoms with E-state index in [0.717, 1.165) is 22.7 Å². The molecule has 40 heavy (non-hydrogen) atoms. The van der Waals surface area contributed by atoms with Crippen LogP contribution < -0.4 is 33.2 Å². The second kappa shape index (κ2) is 9.76. The Balaban J connectivity index is 1.22. The van der Waals surface area contributed by atoms with E-state index in [4.69, 9.17) is 11.5 Å². The number of hydrogen-bond donors (Lipinski definition) is 6. The first-order valence-corrected chi connectivity index (χ1v) is 13.4. The largest absolute Gasteiger partial charge is 0.397 e. The Morgan fingerprint density at radius 2 is 1.07 bits per heavy atom. The Labute approximate surface area is 232 Å². The Hall–Kier alpha value is -5.34. The predicted molar refractivity (Wildman–Crippen MR) is 157 cm³/mol. The molecular weight excluding hydrogens is 552 g/mol. The fraction of sp³-hybridized carbons (Fsp3) is 0. The molecule has 14 heteroatoms. The van der Waals surface area contributed by atoms with Crippen LogP contribution in [-0.4, -0.2) is 31.4 Å². The summed E-state index contributed by atoms with van der Waals surface area (Å²) in [5.74, 6) is -0.672. The molecule has 2 aromatic carbocycles. The summed E-state index contributed by atoms with van der Waals surface area (Å²) >= 11 is 2.16. The molecular formula is C26H20N8O4S2. The zero-order chi connectivity index (χ0) is 28.0. The Morgan fingerprint density at radius 3 is 1.45 bits per heavy atom. The molecule has 4 heterocycles. The number of aromatic nitrogens is 4. The molecule has 0 aliphatic carbocycles. The van der Waals surface area contributed by atoms with Crippen molar-refractivity contribution in [3.05, 3.63) is 103 Å². The number of carbonyl (C=O) groups is 2. The Morgan fingerprint density at radius 1 is 0.675 bits per heavy atom. The smallest absolute Gasteiger partial charge is 0.273 e. The molecule has 0 atom stereocenters. The number of benzene rings is 2. The molecule has 0 bridgehead atoms. The monoisotopic (exact) mass is 572 g/mol. The number of rotatable bonds is 6. The molecule has 0 spiro atoms. The normalized spacial score (nSPS) is 11.1. The van der Waals surface area contributed by atoms with E-state index in [0.29, 0.717) is 20.8 Å². The summed E-state index contributed by atoms with van der Waals surface area (Å²) in [4.78, 5) is 51.2. The van der Waals surface area contributed by atoms with E-state index in [9.17, 15) is 19.2 Å². The number of para-hydroxylation sites is 2. The van der Waals surface area contributed by atoms with Crippen LogP contribution in [0.15, 0.2) is 82.4 Å². The zero-order valence-electron chi connectivity index (χ0n) is 20.4. The summed E-state index contributed by atoms with van der Waals surface area (Å²) in [6, 6.07) is 20.4. The van der Waals surface area contributed by atoms with E-state index in [1.807, 2.05) is 12.1 Å². The van der Waals surface area contributed by atoms with Crippen molar-refractivity contribution in [3.63, 3.8) is 0 Å². The van der Waals surface area contributed by atoms with Crippen LogP contribution in [0.4, 0.5) is 23.0 Å². The van der Waals surface area contributed by atoms with Gasteiger partial charge in [-0.05, 0) is 24.3 Å². The fourth-order valence-corrected chi connectivity index (χ4v) is 6.56. The summed E-state index contributed by atoms with van der Waals surface area (Å²) in [6.07, 6.45) is 0. The van der Waals surface area contributed by atoms with Crippen LogP contribution >= 0.6 is 22.7 Å². The molecule has 200 valence electrons. The maximum atomic E-state index is 13.0. The van der Waals surface area contributed by atoms with Gasteiger partial charge in [0.05, 0.1) is 32.1 Å². The highest BCUT2D eigenvalue weighted by atomic mass is 32.2. The minimum absolute atomic E-state index is 0.124. The number of nitrogens with two attached hydrogens (primary N) is 2. The van der Waals surface area contributed by atoms with Gasteiger partial charge in [0.1, 0.15) is 21.4 Å². The Kier molecular flexibility index (Phi) is 6.09. The summed E-state index contributed by atoms with van der Waals surface area (Å²) in [5.41, 5.74) is 13.4. The number of anilines is 4. The van der Waals surface area contributed by atoms with E-state index in [1.165, 1.54) is 21.5 Å². The number of nitrogens with zero attached hydrogens (tertiary/aromatic N) is 2. The number of nitrogen functional groups attached to an aromatic ring is 2. The molecule has 0 saturated carbocycles. The second-order valence-corrected chi connectivity index (χ2v) is 10.9. The molecule has 4 aromatic heterocycles. The van der Waals surface area contributed by atoms with E-state index >= 15 is 0 Å². The molecule has 8 N–H and O–H groups in total. The average Bonchev–Trinajstić information content (AvgIpc) is 3.68. The van der Waals surface area contributed by atoms with Gasteiger partial charge in [0.15, 0.2) is 0 Å². The second-order valence-electron chi connectivity index (χ2n) is 8.62. The average molecular weight is 573 g/mol. The van der Waals surface area contributed by atoms with Crippen molar-refractivity contribution < 1.29 is 9.59 Å². The highest BCUT2D eigenvalue weighted by Gasteiger charge is 2.25. The molecule has 0 aliphatic rings. The number of carbonyl (C=O) groups excluding carboxylic acids is 2. The first-order valence-electron chi connectivity index (χ1n) is 11.8. The summed E-state index contributed by atoms with van der Waals surface area (Å²) < 4.78 is 3.18. The number of H-pyrrole nitrogens is 2. The fourth-order valence-electron chi connectivity index (χ4n) is 4.16. The first kappa shape index (κ1) is 25.0. The third-order valence-corrected chi connectivity index (χ3v) is 8.50. The van der Waals surface area contributed by atoms with Gasteiger partial charge in [0.2, 0.25) is 0 Å². The maximum Gasteiger partial charge on any atom is 0.273 e. The van der Waals surface area contributed by atoms with Crippen molar-refractivity contribution >= 4 is 66.9 Å². The van der Waals surface area contributed by atoms with Crippen molar-refractivity contribution in [2.75, 3.05) is 22.1 Å². The standard InChI is InChI=1S/C26H20N8O4S2/c27-20-19-21(28)23(25(38)30-16-12-18(36)34(32-16)14-9-5-2-6-10-14)40-26(19)39-22(20)24(37)29-15-11-17(35)33(31-15)13-7-3-1-4-8-13/h1-12,31-32H,27-28H2,(H,29,37)(H,30,38). The molecule has 0 radical (unpaired) electrons. The minimum atomic E-state index is -0.530. The van der Waals surface area contributed by atoms with Crippen LogP contribution in [0.3, 0.4) is 0 Å². The maximum absolute atomic E-state index is 13.0. The van der Waals surface area contributed by atoms with Crippen LogP contribution in [0.25, 0.3) is 20.8 Å². The third-order valence-electron chi connectivity index (χ3n) is 6.00. The first-order chi connectivity index (χ1) is 19.3. The highest BCUT2D eigenvalue weighted by Crippen LogP contribution is 2.45. The van der Waals surface area contributed by atoms with Gasteiger partial charge in [-0.15, -0.1) is 22.7 Å². The van der Waals surface area contributed by atoms with Gasteiger partial charge < -0.3 is 22.1 Å². The number of hydrogen-bond acceptors (Lipinski definition) is 8. The lowest BCUT2D eigenvalue weighted by Crippen LogP contribution is -2.14. The number of nitrogens with one attached hydrogen (secondary N) is 4. The van der Waals surface area contributed by atoms with E-state index in [2.05, 4.69) is 20.8 Å². The predicted octanol–water partition coefficient (Wildman–Crippen LogP) is 3.59. The van der Waals surface area contributed by atoms with Gasteiger partial charge in [-0.25, -0.2) is 9.36 Å². The van der Waals surface area contributed by atoms with Crippen molar-refractivity contribution in [2.24, 2.45) is 0 Å². The summed E-state index contributed by atoms with van der Waals surface area (Å²) in [6.45, 7) is 0. The molecule has 0 saturated heterocycles. The molecule has 6 rings (SSSR count). The summed E-state index contributed by atoms with van der Waals surface area (Å²) in [7, 11) is 0. The number of aromatic amines is 2. The van der Waals surface area contributed by atoms with E-state index in [-0.39, 0.29) is 43.9 Å². The lowest BCUT2D eigenvalue weighted by atomic mass is 10.2. The molecule has 0 aliphatic heterocycles. The van der Waals surface area contributed by atoms with Gasteiger partial charge in [0, 0.05) is 12.1 Å².